The molecule has 1 N–H and O–H groups in total. The molecular formula is C6H3BrClFO. The van der Waals surface area contributed by atoms with E-state index in [1.165, 1.54) is 6.07 Å². The van der Waals surface area contributed by atoms with Gasteiger partial charge in [0, 0.05) is 11.1 Å². The van der Waals surface area contributed by atoms with Crippen LogP contribution < -0.4 is 0 Å². The maximum atomic E-state index is 12.6. The van der Waals surface area contributed by atoms with E-state index in [-0.39, 0.29) is 4.47 Å². The maximum absolute atomic E-state index is 12.6. The highest BCUT2D eigenvalue weighted by atomic mass is 79.9. The summed E-state index contributed by atoms with van der Waals surface area (Å²) >= 11 is 8.34. The zero-order chi connectivity index (χ0) is 7.72. The van der Waals surface area contributed by atoms with Gasteiger partial charge in [-0.15, -0.1) is 0 Å². The third-order valence-electron chi connectivity index (χ3n) is 0.974. The maximum Gasteiger partial charge on any atom is 0.179 e. The molecule has 0 fully saturated rings. The fourth-order valence-electron chi connectivity index (χ4n) is 0.542. The van der Waals surface area contributed by atoms with Crippen LogP contribution in [-0.2, 0) is 0 Å². The average Bonchev–Trinajstić information content (AvgIpc) is 1.82. The predicted octanol–water partition coefficient (Wildman–Crippen LogP) is 2.95. The summed E-state index contributed by atoms with van der Waals surface area (Å²) in [5.74, 6) is -1.14. The van der Waals surface area contributed by atoms with E-state index in [0.29, 0.717) is 5.02 Å². The van der Waals surface area contributed by atoms with E-state index in [0.717, 1.165) is 6.07 Å². The van der Waals surface area contributed by atoms with Crippen LogP contribution >= 0.6 is 27.5 Å². The van der Waals surface area contributed by atoms with E-state index >= 15 is 0 Å². The molecular weight excluding hydrogens is 222 g/mol. The summed E-state index contributed by atoms with van der Waals surface area (Å²) in [7, 11) is 0. The quantitative estimate of drug-likeness (QED) is 0.673. The average molecular weight is 225 g/mol. The van der Waals surface area contributed by atoms with Crippen LogP contribution in [-0.4, -0.2) is 5.11 Å². The van der Waals surface area contributed by atoms with Gasteiger partial charge in [-0.25, -0.2) is 4.39 Å². The number of rotatable bonds is 0. The monoisotopic (exact) mass is 224 g/mol. The molecule has 0 unspecified atom stereocenters. The lowest BCUT2D eigenvalue weighted by molar-refractivity contribution is 0.430. The molecule has 10 heavy (non-hydrogen) atoms. The Hall–Kier alpha value is -0.280. The Labute approximate surface area is 70.6 Å². The Morgan fingerprint density at radius 3 is 2.60 bits per heavy atom. The number of benzene rings is 1. The number of aromatic hydroxyl groups is 1. The standard InChI is InChI=1S/C6H3BrClFO/c7-4-1-3(8)2-5(10)6(4)9/h1-2,10H. The van der Waals surface area contributed by atoms with Crippen molar-refractivity contribution in [3.05, 3.63) is 27.4 Å². The van der Waals surface area contributed by atoms with Crippen LogP contribution in [0.4, 0.5) is 4.39 Å². The van der Waals surface area contributed by atoms with Gasteiger partial charge in [0.1, 0.15) is 0 Å². The number of hydrogen-bond donors (Lipinski definition) is 1. The van der Waals surface area contributed by atoms with Crippen LogP contribution in [0.5, 0.6) is 5.75 Å². The van der Waals surface area contributed by atoms with Crippen LogP contribution in [0.25, 0.3) is 0 Å². The van der Waals surface area contributed by atoms with Crippen molar-refractivity contribution in [1.29, 1.82) is 0 Å². The van der Waals surface area contributed by atoms with Crippen molar-refractivity contribution in [2.24, 2.45) is 0 Å². The minimum absolute atomic E-state index is 0.164. The van der Waals surface area contributed by atoms with Gasteiger partial charge in [-0.05, 0) is 22.0 Å². The van der Waals surface area contributed by atoms with E-state index in [1.807, 2.05) is 0 Å². The van der Waals surface area contributed by atoms with Crippen molar-refractivity contribution in [3.8, 4) is 5.75 Å². The predicted molar refractivity (Wildman–Crippen MR) is 40.8 cm³/mol. The van der Waals surface area contributed by atoms with Crippen LogP contribution in [0.15, 0.2) is 16.6 Å². The molecule has 54 valence electrons. The largest absolute Gasteiger partial charge is 0.505 e. The Bertz CT molecular complexity index is 241. The zero-order valence-electron chi connectivity index (χ0n) is 4.74. The summed E-state index contributed by atoms with van der Waals surface area (Å²) < 4.78 is 12.7. The Kier molecular flexibility index (Phi) is 2.16. The molecule has 0 amide bonds. The summed E-state index contributed by atoms with van der Waals surface area (Å²) in [6.45, 7) is 0. The van der Waals surface area contributed by atoms with Crippen molar-refractivity contribution >= 4 is 27.5 Å². The first-order chi connectivity index (χ1) is 4.61. The first-order valence-corrected chi connectivity index (χ1v) is 3.62. The third-order valence-corrected chi connectivity index (χ3v) is 1.77. The van der Waals surface area contributed by atoms with Crippen LogP contribution in [0, 0.1) is 5.82 Å². The van der Waals surface area contributed by atoms with E-state index in [9.17, 15) is 4.39 Å². The van der Waals surface area contributed by atoms with Gasteiger partial charge in [0.05, 0.1) is 4.47 Å². The summed E-state index contributed by atoms with van der Waals surface area (Å²) in [6, 6.07) is 2.51. The van der Waals surface area contributed by atoms with Crippen molar-refractivity contribution in [3.63, 3.8) is 0 Å². The van der Waals surface area contributed by atoms with Crippen molar-refractivity contribution < 1.29 is 9.50 Å². The molecule has 0 spiro atoms. The number of phenolic OH excluding ortho intramolecular Hbond substituents is 1. The molecule has 0 radical (unpaired) electrons. The molecule has 0 aromatic heterocycles. The van der Waals surface area contributed by atoms with E-state index in [1.54, 1.807) is 0 Å². The fourth-order valence-corrected chi connectivity index (χ4v) is 1.34. The van der Waals surface area contributed by atoms with E-state index < -0.39 is 11.6 Å². The lowest BCUT2D eigenvalue weighted by atomic mass is 10.3. The molecule has 0 saturated heterocycles. The molecule has 0 aliphatic heterocycles. The minimum atomic E-state index is -0.690. The van der Waals surface area contributed by atoms with Gasteiger partial charge in [0.2, 0.25) is 0 Å². The normalized spacial score (nSPS) is 9.90. The molecule has 0 saturated carbocycles. The van der Waals surface area contributed by atoms with Crippen molar-refractivity contribution in [2.45, 2.75) is 0 Å². The number of halogens is 3. The second kappa shape index (κ2) is 2.76. The van der Waals surface area contributed by atoms with E-state index in [2.05, 4.69) is 15.9 Å². The molecule has 1 aromatic carbocycles. The fraction of sp³-hybridized carbons (Fsp3) is 0. The highest BCUT2D eigenvalue weighted by molar-refractivity contribution is 9.10. The highest BCUT2D eigenvalue weighted by Crippen LogP contribution is 2.27. The third kappa shape index (κ3) is 1.41. The molecule has 1 nitrogen and oxygen atoms in total. The van der Waals surface area contributed by atoms with E-state index in [4.69, 9.17) is 16.7 Å². The second-order valence-corrected chi connectivity index (χ2v) is 3.01. The molecule has 1 aromatic rings. The lowest BCUT2D eigenvalue weighted by Gasteiger charge is -1.97. The molecule has 0 atom stereocenters. The molecule has 4 heteroatoms. The van der Waals surface area contributed by atoms with Gasteiger partial charge in [0.15, 0.2) is 11.6 Å². The van der Waals surface area contributed by atoms with Crippen molar-refractivity contribution in [1.82, 2.24) is 0 Å². The zero-order valence-corrected chi connectivity index (χ0v) is 7.08. The second-order valence-electron chi connectivity index (χ2n) is 1.72. The van der Waals surface area contributed by atoms with Gasteiger partial charge in [0.25, 0.3) is 0 Å². The lowest BCUT2D eigenvalue weighted by Crippen LogP contribution is -1.77. The molecule has 0 aliphatic carbocycles. The van der Waals surface area contributed by atoms with Gasteiger partial charge >= 0.3 is 0 Å². The van der Waals surface area contributed by atoms with Crippen LogP contribution in [0.2, 0.25) is 5.02 Å². The SMILES string of the molecule is Oc1cc(Cl)cc(Br)c1F. The summed E-state index contributed by atoms with van der Waals surface area (Å²) in [6.07, 6.45) is 0. The first kappa shape index (κ1) is 7.82. The van der Waals surface area contributed by atoms with Crippen LogP contribution in [0.1, 0.15) is 0 Å². The van der Waals surface area contributed by atoms with Gasteiger partial charge in [-0.2, -0.15) is 0 Å². The van der Waals surface area contributed by atoms with Crippen molar-refractivity contribution in [2.75, 3.05) is 0 Å². The Morgan fingerprint density at radius 2 is 2.10 bits per heavy atom. The number of phenols is 1. The van der Waals surface area contributed by atoms with Crippen LogP contribution in [0.3, 0.4) is 0 Å². The molecule has 0 heterocycles. The summed E-state index contributed by atoms with van der Waals surface area (Å²) in [4.78, 5) is 0. The van der Waals surface area contributed by atoms with Gasteiger partial charge in [-0.3, -0.25) is 0 Å². The highest BCUT2D eigenvalue weighted by Gasteiger charge is 2.05. The topological polar surface area (TPSA) is 20.2 Å². The Balaban J connectivity index is 3.31. The molecule has 0 aliphatic rings. The Morgan fingerprint density at radius 1 is 1.50 bits per heavy atom. The summed E-state index contributed by atoms with van der Waals surface area (Å²) in [5, 5.41) is 9.09. The molecule has 0 bridgehead atoms. The van der Waals surface area contributed by atoms with Gasteiger partial charge < -0.3 is 5.11 Å². The smallest absolute Gasteiger partial charge is 0.179 e. The summed E-state index contributed by atoms with van der Waals surface area (Å²) in [5.41, 5.74) is 0. The molecule has 1 rings (SSSR count). The first-order valence-electron chi connectivity index (χ1n) is 2.45. The van der Waals surface area contributed by atoms with Gasteiger partial charge in [-0.1, -0.05) is 11.6 Å². The minimum Gasteiger partial charge on any atom is -0.505 e. The number of hydrogen-bond acceptors (Lipinski definition) is 1.